The number of guanidine groups is 1. The van der Waals surface area contributed by atoms with Crippen LogP contribution in [0.1, 0.15) is 19.3 Å². The zero-order valence-corrected chi connectivity index (χ0v) is 13.7. The van der Waals surface area contributed by atoms with Crippen molar-refractivity contribution in [1.29, 1.82) is 0 Å². The number of piperidine rings is 1. The molecule has 2 fully saturated rings. The summed E-state index contributed by atoms with van der Waals surface area (Å²) in [5.74, 6) is 0.914. The van der Waals surface area contributed by atoms with Crippen molar-refractivity contribution in [2.45, 2.75) is 25.4 Å². The summed E-state index contributed by atoms with van der Waals surface area (Å²) in [5.41, 5.74) is 0. The molecule has 7 nitrogen and oxygen atoms in total. The highest BCUT2D eigenvalue weighted by Crippen LogP contribution is 2.09. The molecule has 0 aliphatic carbocycles. The molecule has 2 heterocycles. The molecule has 1 atom stereocenters. The van der Waals surface area contributed by atoms with E-state index in [9.17, 15) is 4.79 Å². The van der Waals surface area contributed by atoms with Gasteiger partial charge in [0.05, 0.1) is 25.9 Å². The number of carbonyl (C=O) groups excluding carboxylic acids is 1. The molecule has 0 spiro atoms. The summed E-state index contributed by atoms with van der Waals surface area (Å²) in [6, 6.07) is 0. The van der Waals surface area contributed by atoms with Crippen molar-refractivity contribution in [2.24, 2.45) is 4.99 Å². The van der Waals surface area contributed by atoms with Gasteiger partial charge in [0.25, 0.3) is 0 Å². The van der Waals surface area contributed by atoms with Crippen molar-refractivity contribution in [3.05, 3.63) is 0 Å². The Kier molecular flexibility index (Phi) is 6.92. The van der Waals surface area contributed by atoms with E-state index in [1.54, 1.807) is 14.2 Å². The third-order valence-electron chi connectivity index (χ3n) is 4.11. The van der Waals surface area contributed by atoms with Gasteiger partial charge in [0, 0.05) is 40.3 Å². The number of hydrogen-bond donors (Lipinski definition) is 1. The Labute approximate surface area is 132 Å². The average molecular weight is 312 g/mol. The van der Waals surface area contributed by atoms with Crippen LogP contribution in [0.15, 0.2) is 4.99 Å². The first kappa shape index (κ1) is 17.0. The van der Waals surface area contributed by atoms with Gasteiger partial charge in [0.15, 0.2) is 5.96 Å². The van der Waals surface area contributed by atoms with E-state index < -0.39 is 0 Å². The number of ether oxygens (including phenoxy) is 2. The third-order valence-corrected chi connectivity index (χ3v) is 4.11. The van der Waals surface area contributed by atoms with Crippen LogP contribution in [0.25, 0.3) is 0 Å². The molecule has 2 aliphatic heterocycles. The molecule has 0 radical (unpaired) electrons. The molecule has 2 saturated heterocycles. The van der Waals surface area contributed by atoms with Crippen molar-refractivity contribution in [1.82, 2.24) is 15.1 Å². The van der Waals surface area contributed by atoms with Gasteiger partial charge in [-0.15, -0.1) is 0 Å². The lowest BCUT2D eigenvalue weighted by Crippen LogP contribution is -2.53. The first-order valence-corrected chi connectivity index (χ1v) is 8.08. The van der Waals surface area contributed by atoms with E-state index in [1.165, 1.54) is 6.42 Å². The molecule has 0 aromatic rings. The Morgan fingerprint density at radius 2 is 2.05 bits per heavy atom. The fourth-order valence-electron chi connectivity index (χ4n) is 2.94. The van der Waals surface area contributed by atoms with Crippen LogP contribution in [0, 0.1) is 0 Å². The zero-order valence-electron chi connectivity index (χ0n) is 13.7. The molecule has 7 heteroatoms. The molecular formula is C15H28N4O3. The number of morpholine rings is 1. The number of hydrogen-bond acceptors (Lipinski definition) is 4. The molecule has 2 rings (SSSR count). The van der Waals surface area contributed by atoms with Gasteiger partial charge in [-0.1, -0.05) is 0 Å². The van der Waals surface area contributed by atoms with Crippen LogP contribution < -0.4 is 5.32 Å². The number of nitrogens with one attached hydrogen (secondary N) is 1. The van der Waals surface area contributed by atoms with Gasteiger partial charge in [-0.3, -0.25) is 9.79 Å². The molecule has 1 amide bonds. The Morgan fingerprint density at radius 3 is 2.73 bits per heavy atom. The topological polar surface area (TPSA) is 66.4 Å². The van der Waals surface area contributed by atoms with Crippen LogP contribution in [0.5, 0.6) is 0 Å². The minimum absolute atomic E-state index is 0.0510. The molecule has 126 valence electrons. The minimum Gasteiger partial charge on any atom is -0.382 e. The molecule has 1 unspecified atom stereocenters. The van der Waals surface area contributed by atoms with E-state index in [0.717, 1.165) is 45.0 Å². The highest BCUT2D eigenvalue weighted by molar-refractivity contribution is 5.86. The molecule has 0 saturated carbocycles. The lowest BCUT2D eigenvalue weighted by atomic mass is 10.1. The number of nitrogens with zero attached hydrogens (tertiary/aromatic N) is 3. The van der Waals surface area contributed by atoms with Gasteiger partial charge in [-0.05, 0) is 19.3 Å². The molecule has 0 aromatic heterocycles. The molecule has 0 bridgehead atoms. The Hall–Kier alpha value is -1.34. The minimum atomic E-state index is 0.0510. The normalized spacial score (nSPS) is 23.5. The van der Waals surface area contributed by atoms with Gasteiger partial charge in [0.2, 0.25) is 5.91 Å². The fraction of sp³-hybridized carbons (Fsp3) is 0.867. The Bertz CT molecular complexity index is 381. The summed E-state index contributed by atoms with van der Waals surface area (Å²) in [5, 5.41) is 3.19. The smallest absolute Gasteiger partial charge is 0.241 e. The van der Waals surface area contributed by atoms with Crippen molar-refractivity contribution < 1.29 is 14.3 Å². The van der Waals surface area contributed by atoms with Crippen LogP contribution in [-0.2, 0) is 14.3 Å². The van der Waals surface area contributed by atoms with E-state index in [0.29, 0.717) is 19.8 Å². The van der Waals surface area contributed by atoms with Crippen LogP contribution in [-0.4, -0.2) is 87.9 Å². The molecular weight excluding hydrogens is 284 g/mol. The van der Waals surface area contributed by atoms with Gasteiger partial charge >= 0.3 is 0 Å². The van der Waals surface area contributed by atoms with Gasteiger partial charge in [-0.25, -0.2) is 0 Å². The van der Waals surface area contributed by atoms with Gasteiger partial charge in [-0.2, -0.15) is 0 Å². The summed E-state index contributed by atoms with van der Waals surface area (Å²) in [6.07, 6.45) is 3.51. The maximum Gasteiger partial charge on any atom is 0.241 e. The average Bonchev–Trinajstić information content (AvgIpc) is 2.57. The van der Waals surface area contributed by atoms with E-state index in [1.807, 2.05) is 4.90 Å². The highest BCUT2D eigenvalue weighted by atomic mass is 16.5. The number of amides is 1. The SMILES string of the molecule is CN=C(NCC(=O)N1CCCCC1)N1CCOC(COC)C1. The van der Waals surface area contributed by atoms with Crippen molar-refractivity contribution in [2.75, 3.05) is 60.1 Å². The number of aliphatic imine (C=N–C) groups is 1. The highest BCUT2D eigenvalue weighted by Gasteiger charge is 2.23. The second-order valence-electron chi connectivity index (χ2n) is 5.74. The Morgan fingerprint density at radius 1 is 1.27 bits per heavy atom. The summed E-state index contributed by atoms with van der Waals surface area (Å²) in [6.45, 7) is 4.79. The van der Waals surface area contributed by atoms with Crippen molar-refractivity contribution in [3.8, 4) is 0 Å². The lowest BCUT2D eigenvalue weighted by molar-refractivity contribution is -0.130. The number of rotatable bonds is 4. The van der Waals surface area contributed by atoms with E-state index in [2.05, 4.69) is 15.2 Å². The summed E-state index contributed by atoms with van der Waals surface area (Å²) >= 11 is 0. The molecule has 0 aromatic carbocycles. The van der Waals surface area contributed by atoms with Gasteiger partial charge in [0.1, 0.15) is 0 Å². The van der Waals surface area contributed by atoms with Gasteiger partial charge < -0.3 is 24.6 Å². The zero-order chi connectivity index (χ0) is 15.8. The maximum atomic E-state index is 12.2. The van der Waals surface area contributed by atoms with Crippen molar-refractivity contribution >= 4 is 11.9 Å². The molecule has 2 aliphatic rings. The van der Waals surface area contributed by atoms with Crippen LogP contribution >= 0.6 is 0 Å². The second kappa shape index (κ2) is 8.95. The van der Waals surface area contributed by atoms with E-state index in [-0.39, 0.29) is 12.0 Å². The van der Waals surface area contributed by atoms with E-state index >= 15 is 0 Å². The quantitative estimate of drug-likeness (QED) is 0.581. The first-order chi connectivity index (χ1) is 10.7. The van der Waals surface area contributed by atoms with Crippen LogP contribution in [0.2, 0.25) is 0 Å². The van der Waals surface area contributed by atoms with Crippen LogP contribution in [0.3, 0.4) is 0 Å². The monoisotopic (exact) mass is 312 g/mol. The van der Waals surface area contributed by atoms with E-state index in [4.69, 9.17) is 9.47 Å². The third kappa shape index (κ3) is 4.84. The largest absolute Gasteiger partial charge is 0.382 e. The standard InChI is InChI=1S/C15H28N4O3/c1-16-15(19-8-9-22-13(11-19)12-21-2)17-10-14(20)18-6-4-3-5-7-18/h13H,3-12H2,1-2H3,(H,16,17). The lowest BCUT2D eigenvalue weighted by Gasteiger charge is -2.35. The number of methoxy groups -OCH3 is 1. The number of carbonyl (C=O) groups is 1. The van der Waals surface area contributed by atoms with Crippen LogP contribution in [0.4, 0.5) is 0 Å². The second-order valence-corrected chi connectivity index (χ2v) is 5.74. The molecule has 22 heavy (non-hydrogen) atoms. The summed E-state index contributed by atoms with van der Waals surface area (Å²) < 4.78 is 10.8. The fourth-order valence-corrected chi connectivity index (χ4v) is 2.94. The number of likely N-dealkylation sites (tertiary alicyclic amines) is 1. The first-order valence-electron chi connectivity index (χ1n) is 8.08. The predicted octanol–water partition coefficient (Wildman–Crippen LogP) is -0.0785. The molecule has 1 N–H and O–H groups in total. The van der Waals surface area contributed by atoms with Crippen molar-refractivity contribution in [3.63, 3.8) is 0 Å². The summed E-state index contributed by atoms with van der Waals surface area (Å²) in [4.78, 5) is 20.6. The maximum absolute atomic E-state index is 12.2. The predicted molar refractivity (Wildman–Crippen MR) is 85.0 cm³/mol. The summed E-state index contributed by atoms with van der Waals surface area (Å²) in [7, 11) is 3.42. The Balaban J connectivity index is 1.80.